The van der Waals surface area contributed by atoms with Crippen LogP contribution in [0.1, 0.15) is 12.5 Å². The fourth-order valence-corrected chi connectivity index (χ4v) is 1.39. The predicted molar refractivity (Wildman–Crippen MR) is 65.9 cm³/mol. The molecule has 0 aliphatic rings. The van der Waals surface area contributed by atoms with Crippen molar-refractivity contribution in [1.29, 1.82) is 5.26 Å². The third-order valence-electron chi connectivity index (χ3n) is 2.44. The third-order valence-corrected chi connectivity index (χ3v) is 2.44. The molecule has 3 N–H and O–H groups in total. The van der Waals surface area contributed by atoms with Gasteiger partial charge in [0.25, 0.3) is 0 Å². The average Bonchev–Trinajstić information content (AvgIpc) is 2.36. The molecule has 4 heteroatoms. The smallest absolute Gasteiger partial charge is 0.237 e. The van der Waals surface area contributed by atoms with Crippen molar-refractivity contribution in [3.63, 3.8) is 0 Å². The number of benzene rings is 1. The summed E-state index contributed by atoms with van der Waals surface area (Å²) < 4.78 is 0. The highest BCUT2D eigenvalue weighted by atomic mass is 16.2. The van der Waals surface area contributed by atoms with Crippen molar-refractivity contribution < 1.29 is 4.79 Å². The molecule has 1 aromatic rings. The molecule has 0 radical (unpaired) electrons. The number of nitrogens with two attached hydrogens (primary N) is 1. The second kappa shape index (κ2) is 6.66. The summed E-state index contributed by atoms with van der Waals surface area (Å²) >= 11 is 0. The number of carbonyl (C=O) groups is 1. The van der Waals surface area contributed by atoms with Gasteiger partial charge in [0.2, 0.25) is 5.91 Å². The fraction of sp³-hybridized carbons (Fsp3) is 0.385. The minimum Gasteiger partial charge on any atom is -0.353 e. The second-order valence-corrected chi connectivity index (χ2v) is 4.07. The first kappa shape index (κ1) is 13.2. The lowest BCUT2D eigenvalue weighted by atomic mass is 10.1. The molecule has 2 atom stereocenters. The van der Waals surface area contributed by atoms with E-state index in [1.807, 2.05) is 30.3 Å². The third kappa shape index (κ3) is 4.66. The second-order valence-electron chi connectivity index (χ2n) is 4.07. The first-order valence-electron chi connectivity index (χ1n) is 5.60. The van der Waals surface area contributed by atoms with Crippen molar-refractivity contribution in [1.82, 2.24) is 5.32 Å². The molecule has 0 fully saturated rings. The predicted octanol–water partition coefficient (Wildman–Crippen LogP) is 0.832. The molecule has 1 amide bonds. The molecule has 1 aromatic carbocycles. The number of nitrogens with one attached hydrogen (secondary N) is 1. The van der Waals surface area contributed by atoms with Crippen LogP contribution >= 0.6 is 0 Å². The molecule has 4 nitrogen and oxygen atoms in total. The molecule has 0 aromatic heterocycles. The molecule has 0 bridgehead atoms. The number of nitrogens with zero attached hydrogens (tertiary/aromatic N) is 1. The van der Waals surface area contributed by atoms with E-state index >= 15 is 0 Å². The van der Waals surface area contributed by atoms with Gasteiger partial charge in [0, 0.05) is 6.54 Å². The Morgan fingerprint density at radius 3 is 2.71 bits per heavy atom. The molecule has 0 aliphatic heterocycles. The van der Waals surface area contributed by atoms with Crippen molar-refractivity contribution in [2.45, 2.75) is 19.4 Å². The first-order chi connectivity index (χ1) is 8.13. The number of carbonyl (C=O) groups excluding carboxylic acids is 1. The minimum absolute atomic E-state index is 0.192. The van der Waals surface area contributed by atoms with Gasteiger partial charge in [-0.3, -0.25) is 4.79 Å². The van der Waals surface area contributed by atoms with E-state index in [1.165, 1.54) is 0 Å². The van der Waals surface area contributed by atoms with E-state index < -0.39 is 6.04 Å². The summed E-state index contributed by atoms with van der Waals surface area (Å²) in [6.07, 6.45) is 0.508. The van der Waals surface area contributed by atoms with E-state index in [4.69, 9.17) is 11.0 Å². The lowest BCUT2D eigenvalue weighted by Crippen LogP contribution is -2.43. The van der Waals surface area contributed by atoms with Gasteiger partial charge in [-0.1, -0.05) is 30.3 Å². The maximum Gasteiger partial charge on any atom is 0.237 e. The van der Waals surface area contributed by atoms with Crippen LogP contribution in [0, 0.1) is 17.2 Å². The number of rotatable bonds is 5. The molecule has 0 saturated carbocycles. The Balaban J connectivity index is 2.40. The van der Waals surface area contributed by atoms with Crippen molar-refractivity contribution in [3.8, 4) is 6.07 Å². The average molecular weight is 231 g/mol. The number of nitriles is 1. The lowest BCUT2D eigenvalue weighted by Gasteiger charge is -2.12. The summed E-state index contributed by atoms with van der Waals surface area (Å²) in [6, 6.07) is 11.1. The largest absolute Gasteiger partial charge is 0.353 e. The highest BCUT2D eigenvalue weighted by molar-refractivity contribution is 5.81. The SMILES string of the molecule is CC(C#N)CNC(=O)[C@@H](N)Cc1ccccc1. The molecule has 90 valence electrons. The van der Waals surface area contributed by atoms with Gasteiger partial charge in [0.05, 0.1) is 18.0 Å². The Morgan fingerprint density at radius 2 is 2.12 bits per heavy atom. The molecule has 17 heavy (non-hydrogen) atoms. The van der Waals surface area contributed by atoms with Gasteiger partial charge in [0.15, 0.2) is 0 Å². The van der Waals surface area contributed by atoms with Gasteiger partial charge in [-0.25, -0.2) is 0 Å². The van der Waals surface area contributed by atoms with Crippen LogP contribution in [0.5, 0.6) is 0 Å². The van der Waals surface area contributed by atoms with Crippen LogP contribution in [0.15, 0.2) is 30.3 Å². The molecule has 0 saturated heterocycles. The van der Waals surface area contributed by atoms with Crippen LogP contribution in [0.4, 0.5) is 0 Å². The van der Waals surface area contributed by atoms with Gasteiger partial charge in [0.1, 0.15) is 0 Å². The number of hydrogen-bond acceptors (Lipinski definition) is 3. The summed E-state index contributed by atoms with van der Waals surface area (Å²) in [5.41, 5.74) is 6.81. The summed E-state index contributed by atoms with van der Waals surface area (Å²) in [6.45, 7) is 2.10. The zero-order valence-corrected chi connectivity index (χ0v) is 9.89. The molecule has 0 spiro atoms. The van der Waals surface area contributed by atoms with Crippen molar-refractivity contribution in [3.05, 3.63) is 35.9 Å². The van der Waals surface area contributed by atoms with Crippen LogP contribution in [0.2, 0.25) is 0 Å². The highest BCUT2D eigenvalue weighted by Gasteiger charge is 2.14. The summed E-state index contributed by atoms with van der Waals surface area (Å²) in [5.74, 6) is -0.404. The Hall–Kier alpha value is -1.86. The topological polar surface area (TPSA) is 78.9 Å². The van der Waals surface area contributed by atoms with Crippen LogP contribution in [0.3, 0.4) is 0 Å². The Labute approximate surface area is 101 Å². The number of hydrogen-bond donors (Lipinski definition) is 2. The van der Waals surface area contributed by atoms with Gasteiger partial charge in [-0.2, -0.15) is 5.26 Å². The van der Waals surface area contributed by atoms with Gasteiger partial charge < -0.3 is 11.1 Å². The zero-order valence-electron chi connectivity index (χ0n) is 9.89. The van der Waals surface area contributed by atoms with E-state index in [0.717, 1.165) is 5.56 Å². The maximum absolute atomic E-state index is 11.6. The molecule has 1 unspecified atom stereocenters. The molecule has 0 aliphatic carbocycles. The van der Waals surface area contributed by atoms with Crippen LogP contribution < -0.4 is 11.1 Å². The minimum atomic E-state index is -0.566. The molecular formula is C13H17N3O. The van der Waals surface area contributed by atoms with Gasteiger partial charge in [-0.15, -0.1) is 0 Å². The van der Waals surface area contributed by atoms with Gasteiger partial charge in [-0.05, 0) is 18.9 Å². The number of amides is 1. The Kier molecular flexibility index (Phi) is 5.18. The van der Waals surface area contributed by atoms with Crippen LogP contribution in [0.25, 0.3) is 0 Å². The zero-order chi connectivity index (χ0) is 12.7. The summed E-state index contributed by atoms with van der Waals surface area (Å²) in [4.78, 5) is 11.6. The van der Waals surface area contributed by atoms with Gasteiger partial charge >= 0.3 is 0 Å². The Morgan fingerprint density at radius 1 is 1.47 bits per heavy atom. The quantitative estimate of drug-likeness (QED) is 0.787. The van der Waals surface area contributed by atoms with Crippen molar-refractivity contribution in [2.75, 3.05) is 6.54 Å². The van der Waals surface area contributed by atoms with E-state index in [1.54, 1.807) is 6.92 Å². The summed E-state index contributed by atoms with van der Waals surface area (Å²) in [5, 5.41) is 11.3. The van der Waals surface area contributed by atoms with Crippen molar-refractivity contribution in [2.24, 2.45) is 11.7 Å². The normalized spacial score (nSPS) is 13.5. The standard InChI is InChI=1S/C13H17N3O/c1-10(8-14)9-16-13(17)12(15)7-11-5-3-2-4-6-11/h2-6,10,12H,7,9,15H2,1H3,(H,16,17)/t10?,12-/m0/s1. The molecular weight excluding hydrogens is 214 g/mol. The highest BCUT2D eigenvalue weighted by Crippen LogP contribution is 2.02. The summed E-state index contributed by atoms with van der Waals surface area (Å²) in [7, 11) is 0. The van der Waals surface area contributed by atoms with E-state index in [9.17, 15) is 4.79 Å². The van der Waals surface area contributed by atoms with E-state index in [2.05, 4.69) is 11.4 Å². The lowest BCUT2D eigenvalue weighted by molar-refractivity contribution is -0.122. The Bertz CT molecular complexity index is 397. The van der Waals surface area contributed by atoms with E-state index in [0.29, 0.717) is 13.0 Å². The maximum atomic E-state index is 11.6. The van der Waals surface area contributed by atoms with E-state index in [-0.39, 0.29) is 11.8 Å². The molecule has 0 heterocycles. The molecule has 1 rings (SSSR count). The monoisotopic (exact) mass is 231 g/mol. The van der Waals surface area contributed by atoms with Crippen LogP contribution in [-0.2, 0) is 11.2 Å². The van der Waals surface area contributed by atoms with Crippen molar-refractivity contribution >= 4 is 5.91 Å². The fourth-order valence-electron chi connectivity index (χ4n) is 1.39. The van der Waals surface area contributed by atoms with Crippen LogP contribution in [-0.4, -0.2) is 18.5 Å². The first-order valence-corrected chi connectivity index (χ1v) is 5.60.